The molecule has 1 aromatic carbocycles. The molecule has 1 N–H and O–H groups in total. The SMILES string of the molecule is CCNC(=O)/C=C/c1ccccc1F. The standard InChI is InChI=1S/C11H12FNO/c1-2-13-11(14)8-7-9-5-3-4-6-10(9)12/h3-8H,2H2,1H3,(H,13,14)/b8-7+. The zero-order chi connectivity index (χ0) is 10.4. The third-order valence-corrected chi connectivity index (χ3v) is 1.67. The molecule has 0 spiro atoms. The van der Waals surface area contributed by atoms with Gasteiger partial charge in [-0.25, -0.2) is 4.39 Å². The molecule has 1 rings (SSSR count). The first-order valence-corrected chi connectivity index (χ1v) is 4.44. The van der Waals surface area contributed by atoms with Gasteiger partial charge in [-0.1, -0.05) is 18.2 Å². The van der Waals surface area contributed by atoms with Gasteiger partial charge in [0, 0.05) is 18.2 Å². The highest BCUT2D eigenvalue weighted by atomic mass is 19.1. The van der Waals surface area contributed by atoms with E-state index < -0.39 is 0 Å². The molecule has 3 heteroatoms. The molecule has 2 nitrogen and oxygen atoms in total. The average molecular weight is 193 g/mol. The number of hydrogen-bond acceptors (Lipinski definition) is 1. The maximum atomic E-state index is 13.0. The molecule has 0 saturated carbocycles. The van der Waals surface area contributed by atoms with Crippen LogP contribution >= 0.6 is 0 Å². The molecule has 0 aliphatic heterocycles. The molecule has 14 heavy (non-hydrogen) atoms. The van der Waals surface area contributed by atoms with Gasteiger partial charge >= 0.3 is 0 Å². The minimum atomic E-state index is -0.326. The van der Waals surface area contributed by atoms with E-state index in [2.05, 4.69) is 5.32 Å². The molecule has 0 aromatic heterocycles. The van der Waals surface area contributed by atoms with E-state index in [1.165, 1.54) is 18.2 Å². The van der Waals surface area contributed by atoms with Crippen molar-refractivity contribution in [3.8, 4) is 0 Å². The molecular formula is C11H12FNO. The quantitative estimate of drug-likeness (QED) is 0.730. The van der Waals surface area contributed by atoms with Gasteiger partial charge in [-0.05, 0) is 19.1 Å². The summed E-state index contributed by atoms with van der Waals surface area (Å²) in [5.41, 5.74) is 0.416. The van der Waals surface area contributed by atoms with Crippen LogP contribution in [0.4, 0.5) is 4.39 Å². The van der Waals surface area contributed by atoms with E-state index in [1.807, 2.05) is 6.92 Å². The highest BCUT2D eigenvalue weighted by Gasteiger charge is 1.96. The molecule has 0 aliphatic carbocycles. The summed E-state index contributed by atoms with van der Waals surface area (Å²) >= 11 is 0. The topological polar surface area (TPSA) is 29.1 Å². The Kier molecular flexibility index (Phi) is 3.85. The van der Waals surface area contributed by atoms with Crippen LogP contribution in [0.1, 0.15) is 12.5 Å². The first-order chi connectivity index (χ1) is 6.74. The number of likely N-dealkylation sites (N-methyl/N-ethyl adjacent to an activating group) is 1. The van der Waals surface area contributed by atoms with Gasteiger partial charge in [0.05, 0.1) is 0 Å². The summed E-state index contributed by atoms with van der Waals surface area (Å²) in [5, 5.41) is 2.59. The molecule has 0 heterocycles. The fourth-order valence-corrected chi connectivity index (χ4v) is 1.01. The predicted octanol–water partition coefficient (Wildman–Crippen LogP) is 1.98. The van der Waals surface area contributed by atoms with Gasteiger partial charge in [-0.15, -0.1) is 0 Å². The predicted molar refractivity (Wildman–Crippen MR) is 54.1 cm³/mol. The van der Waals surface area contributed by atoms with Crippen molar-refractivity contribution in [1.29, 1.82) is 0 Å². The summed E-state index contributed by atoms with van der Waals surface area (Å²) in [6.45, 7) is 2.40. The number of nitrogens with one attached hydrogen (secondary N) is 1. The Bertz CT molecular complexity index is 347. The average Bonchev–Trinajstić information content (AvgIpc) is 2.17. The normalized spacial score (nSPS) is 10.4. The molecule has 0 unspecified atom stereocenters. The van der Waals surface area contributed by atoms with E-state index in [9.17, 15) is 9.18 Å². The highest BCUT2D eigenvalue weighted by molar-refractivity contribution is 5.91. The maximum absolute atomic E-state index is 13.0. The maximum Gasteiger partial charge on any atom is 0.243 e. The van der Waals surface area contributed by atoms with Gasteiger partial charge in [-0.2, -0.15) is 0 Å². The fraction of sp³-hybridized carbons (Fsp3) is 0.182. The number of benzene rings is 1. The zero-order valence-corrected chi connectivity index (χ0v) is 7.96. The number of halogens is 1. The number of hydrogen-bond donors (Lipinski definition) is 1. The van der Waals surface area contributed by atoms with Crippen LogP contribution in [0.15, 0.2) is 30.3 Å². The summed E-state index contributed by atoms with van der Waals surface area (Å²) in [4.78, 5) is 11.0. The Balaban J connectivity index is 2.69. The molecule has 0 bridgehead atoms. The lowest BCUT2D eigenvalue weighted by Gasteiger charge is -1.96. The van der Waals surface area contributed by atoms with Gasteiger partial charge in [0.25, 0.3) is 0 Å². The first-order valence-electron chi connectivity index (χ1n) is 4.44. The van der Waals surface area contributed by atoms with E-state index in [1.54, 1.807) is 18.2 Å². The Morgan fingerprint density at radius 3 is 2.86 bits per heavy atom. The van der Waals surface area contributed by atoms with Crippen LogP contribution in [-0.2, 0) is 4.79 Å². The van der Waals surface area contributed by atoms with Gasteiger partial charge in [-0.3, -0.25) is 4.79 Å². The van der Waals surface area contributed by atoms with Crippen molar-refractivity contribution >= 4 is 12.0 Å². The molecule has 0 radical (unpaired) electrons. The van der Waals surface area contributed by atoms with Crippen molar-refractivity contribution in [3.63, 3.8) is 0 Å². The molecule has 0 fully saturated rings. The van der Waals surface area contributed by atoms with E-state index in [0.29, 0.717) is 12.1 Å². The van der Waals surface area contributed by atoms with Gasteiger partial charge in [0.2, 0.25) is 5.91 Å². The lowest BCUT2D eigenvalue weighted by Crippen LogP contribution is -2.19. The van der Waals surface area contributed by atoms with Crippen molar-refractivity contribution in [2.24, 2.45) is 0 Å². The molecule has 74 valence electrons. The Morgan fingerprint density at radius 2 is 2.21 bits per heavy atom. The summed E-state index contributed by atoms with van der Waals surface area (Å²) in [5.74, 6) is -0.538. The van der Waals surface area contributed by atoms with Crippen LogP contribution < -0.4 is 5.32 Å². The Hall–Kier alpha value is -1.64. The van der Waals surface area contributed by atoms with Crippen molar-refractivity contribution in [2.75, 3.05) is 6.54 Å². The lowest BCUT2D eigenvalue weighted by atomic mass is 10.2. The van der Waals surface area contributed by atoms with Crippen molar-refractivity contribution in [2.45, 2.75) is 6.92 Å². The van der Waals surface area contributed by atoms with Crippen molar-refractivity contribution in [1.82, 2.24) is 5.32 Å². The van der Waals surface area contributed by atoms with Gasteiger partial charge in [0.1, 0.15) is 5.82 Å². The summed E-state index contributed by atoms with van der Waals surface area (Å²) < 4.78 is 13.0. The molecule has 0 aliphatic rings. The second kappa shape index (κ2) is 5.17. The van der Waals surface area contributed by atoms with Crippen LogP contribution in [0, 0.1) is 5.82 Å². The monoisotopic (exact) mass is 193 g/mol. The van der Waals surface area contributed by atoms with E-state index in [0.717, 1.165) is 0 Å². The van der Waals surface area contributed by atoms with E-state index in [4.69, 9.17) is 0 Å². The third-order valence-electron chi connectivity index (χ3n) is 1.67. The lowest BCUT2D eigenvalue weighted by molar-refractivity contribution is -0.116. The Morgan fingerprint density at radius 1 is 1.50 bits per heavy atom. The minimum Gasteiger partial charge on any atom is -0.353 e. The molecule has 1 aromatic rings. The van der Waals surface area contributed by atoms with E-state index >= 15 is 0 Å². The van der Waals surface area contributed by atoms with Crippen molar-refractivity contribution in [3.05, 3.63) is 41.7 Å². The highest BCUT2D eigenvalue weighted by Crippen LogP contribution is 2.07. The largest absolute Gasteiger partial charge is 0.353 e. The number of carbonyl (C=O) groups is 1. The summed E-state index contributed by atoms with van der Waals surface area (Å²) in [6, 6.07) is 6.31. The first kappa shape index (κ1) is 10.4. The molecule has 0 atom stereocenters. The molecule has 0 saturated heterocycles. The molecule has 1 amide bonds. The minimum absolute atomic E-state index is 0.212. The summed E-state index contributed by atoms with van der Waals surface area (Å²) in [7, 11) is 0. The second-order valence-electron chi connectivity index (χ2n) is 2.75. The van der Waals surface area contributed by atoms with Crippen LogP contribution in [0.5, 0.6) is 0 Å². The summed E-state index contributed by atoms with van der Waals surface area (Å²) in [6.07, 6.45) is 2.78. The smallest absolute Gasteiger partial charge is 0.243 e. The van der Waals surface area contributed by atoms with Crippen LogP contribution in [-0.4, -0.2) is 12.5 Å². The van der Waals surface area contributed by atoms with Gasteiger partial charge < -0.3 is 5.32 Å². The number of amides is 1. The third kappa shape index (κ3) is 3.01. The second-order valence-corrected chi connectivity index (χ2v) is 2.75. The zero-order valence-electron chi connectivity index (χ0n) is 7.96. The van der Waals surface area contributed by atoms with Crippen LogP contribution in [0.25, 0.3) is 6.08 Å². The number of carbonyl (C=O) groups excluding carboxylic acids is 1. The fourth-order valence-electron chi connectivity index (χ4n) is 1.01. The molecular weight excluding hydrogens is 181 g/mol. The Labute approximate surface area is 82.4 Å². The van der Waals surface area contributed by atoms with Gasteiger partial charge in [0.15, 0.2) is 0 Å². The van der Waals surface area contributed by atoms with Crippen molar-refractivity contribution < 1.29 is 9.18 Å². The number of rotatable bonds is 3. The van der Waals surface area contributed by atoms with Crippen LogP contribution in [0.2, 0.25) is 0 Å². The van der Waals surface area contributed by atoms with Crippen LogP contribution in [0.3, 0.4) is 0 Å². The van der Waals surface area contributed by atoms with E-state index in [-0.39, 0.29) is 11.7 Å².